The Bertz CT molecular complexity index is 989. The van der Waals surface area contributed by atoms with Crippen LogP contribution in [-0.4, -0.2) is 20.7 Å². The highest BCUT2D eigenvalue weighted by atomic mass is 35.5. The Labute approximate surface area is 169 Å². The van der Waals surface area contributed by atoms with Gasteiger partial charge in [-0.1, -0.05) is 17.7 Å². The van der Waals surface area contributed by atoms with Crippen molar-refractivity contribution in [2.24, 2.45) is 0 Å². The highest BCUT2D eigenvalue weighted by Gasteiger charge is 2.33. The predicted molar refractivity (Wildman–Crippen MR) is 102 cm³/mol. The summed E-state index contributed by atoms with van der Waals surface area (Å²) in [5, 5.41) is 6.74. The van der Waals surface area contributed by atoms with E-state index in [4.69, 9.17) is 11.6 Å². The normalized spacial score (nSPS) is 11.0. The van der Waals surface area contributed by atoms with E-state index in [1.807, 2.05) is 0 Å². The zero-order chi connectivity index (χ0) is 19.6. The Kier molecular flexibility index (Phi) is 6.69. The van der Waals surface area contributed by atoms with Crippen molar-refractivity contribution in [2.75, 3.05) is 5.32 Å². The molecule has 5 nitrogen and oxygen atoms in total. The molecule has 0 spiro atoms. The maximum Gasteiger partial charge on any atom is 0.416 e. The molecule has 3 rings (SSSR count). The van der Waals surface area contributed by atoms with Crippen LogP contribution in [0, 0.1) is 6.92 Å². The van der Waals surface area contributed by atoms with Gasteiger partial charge >= 0.3 is 6.18 Å². The van der Waals surface area contributed by atoms with Gasteiger partial charge in [0.15, 0.2) is 5.82 Å². The van der Waals surface area contributed by atoms with Crippen LogP contribution >= 0.6 is 24.0 Å². The number of benzene rings is 1. The number of nitrogens with one attached hydrogen (secondary N) is 1. The molecule has 1 N–H and O–H groups in total. The molecule has 28 heavy (non-hydrogen) atoms. The molecule has 0 radical (unpaired) electrons. The third-order valence-corrected chi connectivity index (χ3v) is 4.09. The minimum absolute atomic E-state index is 0. The van der Waals surface area contributed by atoms with Crippen LogP contribution < -0.4 is 5.32 Å². The van der Waals surface area contributed by atoms with E-state index in [0.29, 0.717) is 11.1 Å². The average Bonchev–Trinajstić information content (AvgIpc) is 3.03. The number of alkyl halides is 3. The van der Waals surface area contributed by atoms with E-state index < -0.39 is 11.7 Å². The number of halogens is 5. The largest absolute Gasteiger partial charge is 0.416 e. The number of amides is 1. The lowest BCUT2D eigenvalue weighted by Crippen LogP contribution is -2.15. The maximum atomic E-state index is 13.2. The summed E-state index contributed by atoms with van der Waals surface area (Å²) in [7, 11) is 0. The Balaban J connectivity index is 0.00000280. The van der Waals surface area contributed by atoms with Crippen LogP contribution in [0.5, 0.6) is 0 Å². The smallest absolute Gasteiger partial charge is 0.305 e. The number of hydrogen-bond acceptors (Lipinski definition) is 3. The fourth-order valence-corrected chi connectivity index (χ4v) is 2.73. The van der Waals surface area contributed by atoms with Crippen LogP contribution in [0.15, 0.2) is 48.9 Å². The number of carbonyl (C=O) groups is 1. The Morgan fingerprint density at radius 2 is 2.00 bits per heavy atom. The maximum absolute atomic E-state index is 13.2. The van der Waals surface area contributed by atoms with Crippen molar-refractivity contribution in [3.63, 3.8) is 0 Å². The van der Waals surface area contributed by atoms with E-state index in [-0.39, 0.29) is 41.3 Å². The van der Waals surface area contributed by atoms with E-state index in [2.05, 4.69) is 15.4 Å². The average molecular weight is 431 g/mol. The molecule has 0 aliphatic carbocycles. The van der Waals surface area contributed by atoms with Gasteiger partial charge in [-0.15, -0.1) is 12.4 Å². The quantitative estimate of drug-likeness (QED) is 0.634. The first-order chi connectivity index (χ1) is 12.7. The zero-order valence-corrected chi connectivity index (χ0v) is 16.1. The molecular formula is C18H15Cl2F3N4O. The van der Waals surface area contributed by atoms with E-state index >= 15 is 0 Å². The fraction of sp³-hybridized carbons (Fsp3) is 0.167. The van der Waals surface area contributed by atoms with Crippen molar-refractivity contribution in [3.8, 4) is 0 Å². The number of nitrogens with zero attached hydrogens (tertiary/aromatic N) is 3. The van der Waals surface area contributed by atoms with Crippen molar-refractivity contribution >= 4 is 35.7 Å². The van der Waals surface area contributed by atoms with Gasteiger partial charge in [-0.05, 0) is 36.2 Å². The molecule has 10 heteroatoms. The lowest BCUT2D eigenvalue weighted by molar-refractivity contribution is -0.138. The lowest BCUT2D eigenvalue weighted by Gasteiger charge is -2.13. The third-order valence-electron chi connectivity index (χ3n) is 3.86. The van der Waals surface area contributed by atoms with Gasteiger partial charge in [-0.25, -0.2) is 0 Å². The van der Waals surface area contributed by atoms with Crippen molar-refractivity contribution in [2.45, 2.75) is 19.6 Å². The van der Waals surface area contributed by atoms with Gasteiger partial charge in [0, 0.05) is 35.2 Å². The van der Waals surface area contributed by atoms with Gasteiger partial charge in [0.25, 0.3) is 5.91 Å². The molecule has 0 aliphatic rings. The summed E-state index contributed by atoms with van der Waals surface area (Å²) in [6.45, 7) is 1.63. The molecule has 1 amide bonds. The highest BCUT2D eigenvalue weighted by Crippen LogP contribution is 2.34. The molecular weight excluding hydrogens is 416 g/mol. The Morgan fingerprint density at radius 1 is 1.25 bits per heavy atom. The molecule has 148 valence electrons. The predicted octanol–water partition coefficient (Wildman–Crippen LogP) is 4.98. The van der Waals surface area contributed by atoms with Crippen LogP contribution in [-0.2, 0) is 12.7 Å². The van der Waals surface area contributed by atoms with Crippen molar-refractivity contribution in [1.29, 1.82) is 0 Å². The summed E-state index contributed by atoms with van der Waals surface area (Å²) in [5.74, 6) is -0.138. The van der Waals surface area contributed by atoms with Crippen LogP contribution in [0.1, 0.15) is 27.0 Å². The fourth-order valence-electron chi connectivity index (χ4n) is 2.55. The molecule has 1 aromatic carbocycles. The SMILES string of the molecule is Cc1cnccc1C(=O)Nc1ccn(Cc2ccc(Cl)cc2C(F)(F)F)n1.Cl. The van der Waals surface area contributed by atoms with Crippen LogP contribution in [0.2, 0.25) is 5.02 Å². The van der Waals surface area contributed by atoms with Gasteiger partial charge in [0.2, 0.25) is 0 Å². The molecule has 0 atom stereocenters. The number of anilines is 1. The van der Waals surface area contributed by atoms with Crippen molar-refractivity contribution in [1.82, 2.24) is 14.8 Å². The minimum atomic E-state index is -4.52. The standard InChI is InChI=1S/C18H14ClF3N4O.ClH/c1-11-9-23-6-4-14(11)17(27)24-16-5-7-26(25-16)10-12-2-3-13(19)8-15(12)18(20,21)22;/h2-9H,10H2,1H3,(H,24,25,27);1H. The number of aryl methyl sites for hydroxylation is 1. The van der Waals surface area contributed by atoms with Gasteiger partial charge in [0.05, 0.1) is 12.1 Å². The number of aromatic nitrogens is 3. The second-order valence-electron chi connectivity index (χ2n) is 5.84. The molecule has 0 aliphatic heterocycles. The van der Waals surface area contributed by atoms with E-state index in [1.54, 1.807) is 19.2 Å². The first-order valence-corrected chi connectivity index (χ1v) is 8.23. The van der Waals surface area contributed by atoms with Crippen molar-refractivity contribution < 1.29 is 18.0 Å². The molecule has 0 bridgehead atoms. The molecule has 2 heterocycles. The first kappa shape index (κ1) is 21.7. The van der Waals surface area contributed by atoms with Crippen molar-refractivity contribution in [3.05, 3.63) is 76.2 Å². The van der Waals surface area contributed by atoms with E-state index in [9.17, 15) is 18.0 Å². The second kappa shape index (κ2) is 8.62. The molecule has 0 saturated heterocycles. The van der Waals surface area contributed by atoms with Gasteiger partial charge in [-0.2, -0.15) is 18.3 Å². The highest BCUT2D eigenvalue weighted by molar-refractivity contribution is 6.30. The summed E-state index contributed by atoms with van der Waals surface area (Å²) in [5.41, 5.74) is 0.350. The summed E-state index contributed by atoms with van der Waals surface area (Å²) >= 11 is 5.68. The number of rotatable bonds is 4. The first-order valence-electron chi connectivity index (χ1n) is 7.85. The third kappa shape index (κ3) is 5.02. The Hall–Kier alpha value is -2.58. The molecule has 3 aromatic rings. The topological polar surface area (TPSA) is 59.8 Å². The molecule has 0 fully saturated rings. The van der Waals surface area contributed by atoms with Gasteiger partial charge < -0.3 is 5.32 Å². The van der Waals surface area contributed by atoms with Gasteiger partial charge in [-0.3, -0.25) is 14.5 Å². The number of hydrogen-bond donors (Lipinski definition) is 1. The van der Waals surface area contributed by atoms with E-state index in [0.717, 1.165) is 6.07 Å². The summed E-state index contributed by atoms with van der Waals surface area (Å²) in [4.78, 5) is 16.2. The summed E-state index contributed by atoms with van der Waals surface area (Å²) in [6, 6.07) is 6.67. The lowest BCUT2D eigenvalue weighted by atomic mass is 10.1. The zero-order valence-electron chi connectivity index (χ0n) is 14.5. The van der Waals surface area contributed by atoms with Crippen LogP contribution in [0.4, 0.5) is 19.0 Å². The molecule has 0 saturated carbocycles. The monoisotopic (exact) mass is 430 g/mol. The molecule has 0 unspecified atom stereocenters. The second-order valence-corrected chi connectivity index (χ2v) is 6.28. The Morgan fingerprint density at radius 3 is 2.68 bits per heavy atom. The minimum Gasteiger partial charge on any atom is -0.305 e. The summed E-state index contributed by atoms with van der Waals surface area (Å²) in [6.07, 6.45) is 0.0273. The van der Waals surface area contributed by atoms with E-state index in [1.165, 1.54) is 35.3 Å². The van der Waals surface area contributed by atoms with Crippen LogP contribution in [0.3, 0.4) is 0 Å². The number of carbonyl (C=O) groups excluding carboxylic acids is 1. The van der Waals surface area contributed by atoms with Gasteiger partial charge in [0.1, 0.15) is 0 Å². The number of pyridine rings is 1. The molecule has 2 aromatic heterocycles. The summed E-state index contributed by atoms with van der Waals surface area (Å²) < 4.78 is 40.9. The van der Waals surface area contributed by atoms with Crippen LogP contribution in [0.25, 0.3) is 0 Å².